The van der Waals surface area contributed by atoms with Crippen molar-refractivity contribution in [3.8, 4) is 0 Å². The third kappa shape index (κ3) is 2.67. The lowest BCUT2D eigenvalue weighted by Gasteiger charge is -2.11. The molecule has 0 radical (unpaired) electrons. The highest BCUT2D eigenvalue weighted by Gasteiger charge is 2.09. The van der Waals surface area contributed by atoms with Gasteiger partial charge >= 0.3 is 5.69 Å². The van der Waals surface area contributed by atoms with Crippen LogP contribution >= 0.6 is 15.9 Å². The molecule has 1 heterocycles. The summed E-state index contributed by atoms with van der Waals surface area (Å²) in [6.07, 6.45) is 1.45. The molecule has 5 nitrogen and oxygen atoms in total. The lowest BCUT2D eigenvalue weighted by atomic mass is 10.2. The summed E-state index contributed by atoms with van der Waals surface area (Å²) < 4.78 is 16.5. The minimum Gasteiger partial charge on any atom is -0.377 e. The van der Waals surface area contributed by atoms with Gasteiger partial charge in [-0.15, -0.1) is 0 Å². The smallest absolute Gasteiger partial charge is 0.330 e. The van der Waals surface area contributed by atoms with Gasteiger partial charge in [-0.2, -0.15) is 0 Å². The minimum atomic E-state index is -0.416. The van der Waals surface area contributed by atoms with E-state index in [0.717, 1.165) is 4.57 Å². The first kappa shape index (κ1) is 14.5. The van der Waals surface area contributed by atoms with E-state index in [0.29, 0.717) is 10.0 Å². The molecular formula is C13H13BrFN3O2. The van der Waals surface area contributed by atoms with Crippen LogP contribution < -0.4 is 16.6 Å². The molecule has 0 aliphatic heterocycles. The van der Waals surface area contributed by atoms with Gasteiger partial charge < -0.3 is 9.88 Å². The molecule has 2 rings (SSSR count). The zero-order chi connectivity index (χ0) is 14.9. The summed E-state index contributed by atoms with van der Waals surface area (Å²) in [5, 5.41) is 2.86. The molecule has 0 fully saturated rings. The molecule has 0 atom stereocenters. The lowest BCUT2D eigenvalue weighted by Crippen LogP contribution is -2.38. The molecular weight excluding hydrogens is 329 g/mol. The van der Waals surface area contributed by atoms with Gasteiger partial charge in [0.1, 0.15) is 5.82 Å². The largest absolute Gasteiger partial charge is 0.377 e. The maximum atomic E-state index is 13.6. The Labute approximate surface area is 122 Å². The van der Waals surface area contributed by atoms with E-state index in [9.17, 15) is 14.0 Å². The van der Waals surface area contributed by atoms with Crippen LogP contribution in [0.2, 0.25) is 0 Å². The van der Waals surface area contributed by atoms with Gasteiger partial charge in [-0.3, -0.25) is 9.36 Å². The Balaban J connectivity index is 2.33. The molecule has 1 N–H and O–H groups in total. The molecule has 0 aliphatic rings. The summed E-state index contributed by atoms with van der Waals surface area (Å²) in [7, 11) is 2.97. The van der Waals surface area contributed by atoms with Crippen molar-refractivity contribution in [1.82, 2.24) is 9.13 Å². The Morgan fingerprint density at radius 1 is 1.30 bits per heavy atom. The van der Waals surface area contributed by atoms with Crippen molar-refractivity contribution in [2.75, 3.05) is 5.32 Å². The highest BCUT2D eigenvalue weighted by molar-refractivity contribution is 9.10. The molecule has 7 heteroatoms. The Morgan fingerprint density at radius 2 is 2.00 bits per heavy atom. The molecule has 0 amide bonds. The number of benzene rings is 1. The number of nitrogens with zero attached hydrogens (tertiary/aromatic N) is 2. The fourth-order valence-electron chi connectivity index (χ4n) is 1.85. The number of para-hydroxylation sites is 1. The summed E-state index contributed by atoms with van der Waals surface area (Å²) >= 11 is 3.24. The molecule has 106 valence electrons. The van der Waals surface area contributed by atoms with E-state index in [-0.39, 0.29) is 12.2 Å². The predicted octanol–water partition coefficient (Wildman–Crippen LogP) is 1.60. The molecule has 20 heavy (non-hydrogen) atoms. The molecule has 1 aromatic heterocycles. The van der Waals surface area contributed by atoms with Gasteiger partial charge in [0.15, 0.2) is 0 Å². The van der Waals surface area contributed by atoms with Crippen molar-refractivity contribution >= 4 is 21.6 Å². The van der Waals surface area contributed by atoms with Crippen LogP contribution in [0.25, 0.3) is 0 Å². The first-order valence-corrected chi connectivity index (χ1v) is 6.64. The Morgan fingerprint density at radius 3 is 2.65 bits per heavy atom. The number of nitrogens with one attached hydrogen (secondary N) is 1. The van der Waals surface area contributed by atoms with Gasteiger partial charge in [-0.1, -0.05) is 6.07 Å². The van der Waals surface area contributed by atoms with Crippen molar-refractivity contribution in [3.05, 3.63) is 61.1 Å². The maximum absolute atomic E-state index is 13.6. The predicted molar refractivity (Wildman–Crippen MR) is 78.4 cm³/mol. The second-order valence-electron chi connectivity index (χ2n) is 4.36. The molecule has 0 saturated heterocycles. The summed E-state index contributed by atoms with van der Waals surface area (Å²) in [5.41, 5.74) is -0.132. The van der Waals surface area contributed by atoms with E-state index >= 15 is 0 Å². The number of aromatic nitrogens is 2. The van der Waals surface area contributed by atoms with Crippen LogP contribution in [0.4, 0.5) is 10.1 Å². The van der Waals surface area contributed by atoms with Crippen LogP contribution in [0.5, 0.6) is 0 Å². The van der Waals surface area contributed by atoms with Crippen LogP contribution in [0.15, 0.2) is 38.5 Å². The van der Waals surface area contributed by atoms with E-state index in [1.54, 1.807) is 19.2 Å². The number of hydrogen-bond acceptors (Lipinski definition) is 3. The molecule has 0 unspecified atom stereocenters. The maximum Gasteiger partial charge on any atom is 0.330 e. The first-order valence-electron chi connectivity index (χ1n) is 5.85. The van der Waals surface area contributed by atoms with E-state index in [1.807, 2.05) is 0 Å². The molecule has 0 spiro atoms. The average Bonchev–Trinajstić information content (AvgIpc) is 2.41. The number of hydrogen-bond donors (Lipinski definition) is 1. The first-order chi connectivity index (χ1) is 9.41. The van der Waals surface area contributed by atoms with Crippen LogP contribution in [0, 0.1) is 5.82 Å². The lowest BCUT2D eigenvalue weighted by molar-refractivity contribution is 0.628. The highest BCUT2D eigenvalue weighted by atomic mass is 79.9. The Bertz CT molecular complexity index is 747. The molecule has 0 aliphatic carbocycles. The monoisotopic (exact) mass is 341 g/mol. The fourth-order valence-corrected chi connectivity index (χ4v) is 2.34. The fraction of sp³-hybridized carbons (Fsp3) is 0.231. The third-order valence-electron chi connectivity index (χ3n) is 2.94. The van der Waals surface area contributed by atoms with Gasteiger partial charge in [0.25, 0.3) is 5.56 Å². The van der Waals surface area contributed by atoms with Gasteiger partial charge in [0.2, 0.25) is 0 Å². The zero-order valence-corrected chi connectivity index (χ0v) is 12.6. The number of anilines is 1. The summed E-state index contributed by atoms with van der Waals surface area (Å²) in [6, 6.07) is 4.60. The van der Waals surface area contributed by atoms with E-state index in [1.165, 1.54) is 23.9 Å². The van der Waals surface area contributed by atoms with E-state index < -0.39 is 17.1 Å². The van der Waals surface area contributed by atoms with Gasteiger partial charge in [0, 0.05) is 31.3 Å². The normalized spacial score (nSPS) is 10.6. The van der Waals surface area contributed by atoms with Gasteiger partial charge in [-0.25, -0.2) is 9.18 Å². The second kappa shape index (κ2) is 5.62. The summed E-state index contributed by atoms with van der Waals surface area (Å²) in [4.78, 5) is 23.5. The van der Waals surface area contributed by atoms with Crippen molar-refractivity contribution < 1.29 is 4.39 Å². The molecule has 2 aromatic rings. The molecule has 0 bridgehead atoms. The quantitative estimate of drug-likeness (QED) is 0.922. The van der Waals surface area contributed by atoms with E-state index in [4.69, 9.17) is 0 Å². The topological polar surface area (TPSA) is 56.0 Å². The second-order valence-corrected chi connectivity index (χ2v) is 5.22. The summed E-state index contributed by atoms with van der Waals surface area (Å²) in [6.45, 7) is 0.125. The van der Waals surface area contributed by atoms with Crippen molar-refractivity contribution in [3.63, 3.8) is 0 Å². The van der Waals surface area contributed by atoms with Gasteiger partial charge in [-0.05, 0) is 28.1 Å². The number of rotatable bonds is 3. The third-order valence-corrected chi connectivity index (χ3v) is 3.60. The molecule has 0 saturated carbocycles. The van der Waals surface area contributed by atoms with Gasteiger partial charge in [0.05, 0.1) is 11.3 Å². The van der Waals surface area contributed by atoms with Crippen molar-refractivity contribution in [2.24, 2.45) is 14.1 Å². The zero-order valence-electron chi connectivity index (χ0n) is 11.0. The SMILES string of the molecule is Cn1cc(CNc2c(F)cccc2Br)c(=O)n(C)c1=O. The highest BCUT2D eigenvalue weighted by Crippen LogP contribution is 2.25. The molecule has 1 aromatic carbocycles. The van der Waals surface area contributed by atoms with Crippen LogP contribution in [-0.4, -0.2) is 9.13 Å². The number of aryl methyl sites for hydroxylation is 1. The standard InChI is InChI=1S/C13H13BrFN3O2/c1-17-7-8(12(19)18(2)13(17)20)6-16-11-9(14)4-3-5-10(11)15/h3-5,7,16H,6H2,1-2H3. The average molecular weight is 342 g/mol. The Kier molecular flexibility index (Phi) is 4.08. The van der Waals surface area contributed by atoms with E-state index in [2.05, 4.69) is 21.2 Å². The van der Waals surface area contributed by atoms with Crippen LogP contribution in [0.3, 0.4) is 0 Å². The Hall–Kier alpha value is -1.89. The van der Waals surface area contributed by atoms with Crippen LogP contribution in [0.1, 0.15) is 5.56 Å². The van der Waals surface area contributed by atoms with Crippen LogP contribution in [-0.2, 0) is 20.6 Å². The van der Waals surface area contributed by atoms with Crippen molar-refractivity contribution in [2.45, 2.75) is 6.54 Å². The summed E-state index contributed by atoms with van der Waals surface area (Å²) in [5.74, 6) is -0.416. The number of halogens is 2. The minimum absolute atomic E-state index is 0.125. The van der Waals surface area contributed by atoms with Crippen molar-refractivity contribution in [1.29, 1.82) is 0 Å².